The Morgan fingerprint density at radius 2 is 1.81 bits per heavy atom. The normalized spacial score (nSPS) is 10.5. The average molecular weight is 460 g/mol. The molecule has 32 heavy (non-hydrogen) atoms. The molecule has 10 heteroatoms. The van der Waals surface area contributed by atoms with E-state index in [-0.39, 0.29) is 24.8 Å². The molecule has 0 unspecified atom stereocenters. The minimum Gasteiger partial charge on any atom is -0.493 e. The molecule has 0 saturated heterocycles. The van der Waals surface area contributed by atoms with E-state index in [1.54, 1.807) is 49.6 Å². The largest absolute Gasteiger partial charge is 0.493 e. The van der Waals surface area contributed by atoms with Crippen LogP contribution in [0.2, 0.25) is 5.02 Å². The molecule has 3 aromatic rings. The van der Waals surface area contributed by atoms with Gasteiger partial charge in [-0.2, -0.15) is 4.98 Å². The average Bonchev–Trinajstić information content (AvgIpc) is 3.29. The lowest BCUT2D eigenvalue weighted by Gasteiger charge is -2.07. The highest BCUT2D eigenvalue weighted by Crippen LogP contribution is 2.31. The number of ether oxygens (including phenoxy) is 3. The number of amides is 1. The van der Waals surface area contributed by atoms with Crippen molar-refractivity contribution in [3.63, 3.8) is 0 Å². The number of hydrogen-bond donors (Lipinski definition) is 1. The number of nitrogens with zero attached hydrogens (tertiary/aromatic N) is 2. The molecule has 1 amide bonds. The zero-order valence-corrected chi connectivity index (χ0v) is 18.3. The number of esters is 1. The van der Waals surface area contributed by atoms with Crippen molar-refractivity contribution in [1.29, 1.82) is 0 Å². The van der Waals surface area contributed by atoms with Gasteiger partial charge in [0.25, 0.3) is 11.8 Å². The molecule has 3 rings (SSSR count). The van der Waals surface area contributed by atoms with Crippen LogP contribution in [-0.2, 0) is 16.1 Å². The number of carbonyl (C=O) groups excluding carboxylic acids is 2. The van der Waals surface area contributed by atoms with E-state index in [9.17, 15) is 9.59 Å². The van der Waals surface area contributed by atoms with Crippen molar-refractivity contribution < 1.29 is 28.3 Å². The fraction of sp³-hybridized carbons (Fsp3) is 0.273. The Labute approximate surface area is 189 Å². The maximum atomic E-state index is 12.0. The highest BCUT2D eigenvalue weighted by Gasteiger charge is 2.14. The first-order chi connectivity index (χ1) is 15.5. The van der Waals surface area contributed by atoms with Crippen LogP contribution < -0.4 is 14.8 Å². The van der Waals surface area contributed by atoms with Gasteiger partial charge in [0.1, 0.15) is 0 Å². The lowest BCUT2D eigenvalue weighted by Crippen LogP contribution is -2.24. The molecule has 0 radical (unpaired) electrons. The van der Waals surface area contributed by atoms with Gasteiger partial charge in [-0.05, 0) is 48.9 Å². The topological polar surface area (TPSA) is 113 Å². The van der Waals surface area contributed by atoms with Crippen molar-refractivity contribution in [3.8, 4) is 22.9 Å². The molecule has 0 saturated carbocycles. The zero-order chi connectivity index (χ0) is 22.9. The predicted molar refractivity (Wildman–Crippen MR) is 116 cm³/mol. The summed E-state index contributed by atoms with van der Waals surface area (Å²) in [5.41, 5.74) is 1.17. The van der Waals surface area contributed by atoms with E-state index in [2.05, 4.69) is 15.5 Å². The van der Waals surface area contributed by atoms with E-state index in [1.807, 2.05) is 0 Å². The third-order valence-electron chi connectivity index (χ3n) is 4.42. The highest BCUT2D eigenvalue weighted by molar-refractivity contribution is 6.30. The van der Waals surface area contributed by atoms with Crippen molar-refractivity contribution in [3.05, 3.63) is 58.9 Å². The minimum atomic E-state index is -0.434. The number of halogens is 1. The maximum absolute atomic E-state index is 12.0. The van der Waals surface area contributed by atoms with E-state index >= 15 is 0 Å². The van der Waals surface area contributed by atoms with Crippen molar-refractivity contribution >= 4 is 23.5 Å². The zero-order valence-electron chi connectivity index (χ0n) is 17.6. The first-order valence-corrected chi connectivity index (χ1v) is 10.1. The predicted octanol–water partition coefficient (Wildman–Crippen LogP) is 3.66. The van der Waals surface area contributed by atoms with Gasteiger partial charge in [0.15, 0.2) is 18.1 Å². The molecule has 9 nitrogen and oxygen atoms in total. The summed E-state index contributed by atoms with van der Waals surface area (Å²) in [4.78, 5) is 28.1. The summed E-state index contributed by atoms with van der Waals surface area (Å²) < 4.78 is 20.8. The van der Waals surface area contributed by atoms with Crippen LogP contribution in [0.3, 0.4) is 0 Å². The molecule has 0 bridgehead atoms. The second-order valence-corrected chi connectivity index (χ2v) is 7.04. The van der Waals surface area contributed by atoms with Crippen molar-refractivity contribution in [2.75, 3.05) is 20.8 Å². The van der Waals surface area contributed by atoms with Crippen molar-refractivity contribution in [1.82, 2.24) is 15.5 Å². The summed E-state index contributed by atoms with van der Waals surface area (Å²) in [5, 5.41) is 7.19. The molecular formula is C22H22ClN3O6. The van der Waals surface area contributed by atoms with Crippen LogP contribution >= 0.6 is 11.6 Å². The van der Waals surface area contributed by atoms with E-state index in [0.717, 1.165) is 0 Å². The summed E-state index contributed by atoms with van der Waals surface area (Å²) in [5.74, 6) is 0.950. The number of methoxy groups -OCH3 is 2. The van der Waals surface area contributed by atoms with E-state index in [1.165, 1.54) is 7.11 Å². The Morgan fingerprint density at radius 1 is 1.06 bits per heavy atom. The van der Waals surface area contributed by atoms with Gasteiger partial charge in [-0.3, -0.25) is 9.59 Å². The molecule has 1 aromatic heterocycles. The Hall–Kier alpha value is -3.59. The monoisotopic (exact) mass is 459 g/mol. The Kier molecular flexibility index (Phi) is 8.04. The SMILES string of the molecule is COc1ccc(-c2noc(COC(=O)CCCNC(=O)c3ccc(Cl)cc3)n2)cc1OC. The number of rotatable bonds is 10. The lowest BCUT2D eigenvalue weighted by molar-refractivity contribution is -0.145. The summed E-state index contributed by atoms with van der Waals surface area (Å²) in [6, 6.07) is 11.8. The van der Waals surface area contributed by atoms with Crippen molar-refractivity contribution in [2.45, 2.75) is 19.4 Å². The van der Waals surface area contributed by atoms with Gasteiger partial charge in [0.05, 0.1) is 14.2 Å². The van der Waals surface area contributed by atoms with Gasteiger partial charge in [0, 0.05) is 29.1 Å². The van der Waals surface area contributed by atoms with Crippen LogP contribution in [-0.4, -0.2) is 42.8 Å². The second kappa shape index (κ2) is 11.1. The summed E-state index contributed by atoms with van der Waals surface area (Å²) in [6.07, 6.45) is 0.566. The molecule has 0 spiro atoms. The van der Waals surface area contributed by atoms with Crippen LogP contribution in [0.1, 0.15) is 29.1 Å². The van der Waals surface area contributed by atoms with Crippen LogP contribution in [0.4, 0.5) is 0 Å². The van der Waals surface area contributed by atoms with E-state index < -0.39 is 5.97 Å². The quantitative estimate of drug-likeness (QED) is 0.361. The Bertz CT molecular complexity index is 1070. The third-order valence-corrected chi connectivity index (χ3v) is 4.67. The molecule has 1 N–H and O–H groups in total. The van der Waals surface area contributed by atoms with Crippen molar-refractivity contribution in [2.24, 2.45) is 0 Å². The first kappa shape index (κ1) is 23.1. The molecule has 0 aliphatic heterocycles. The van der Waals surface area contributed by atoms with Gasteiger partial charge in [0.2, 0.25) is 5.82 Å². The first-order valence-electron chi connectivity index (χ1n) is 9.74. The summed E-state index contributed by atoms with van der Waals surface area (Å²) in [7, 11) is 3.08. The highest BCUT2D eigenvalue weighted by atomic mass is 35.5. The Morgan fingerprint density at radius 3 is 2.53 bits per heavy atom. The Balaban J connectivity index is 1.41. The molecule has 0 aliphatic carbocycles. The third kappa shape index (κ3) is 6.21. The standard InChI is InChI=1S/C22H22ClN3O6/c1-29-17-10-7-15(12-18(17)30-2)21-25-19(32-26-21)13-31-20(27)4-3-11-24-22(28)14-5-8-16(23)9-6-14/h5-10,12H,3-4,11,13H2,1-2H3,(H,24,28). The molecule has 168 valence electrons. The molecule has 1 heterocycles. The molecule has 0 atom stereocenters. The minimum absolute atomic E-state index is 0.136. The van der Waals surface area contributed by atoms with E-state index in [4.69, 9.17) is 30.3 Å². The molecule has 0 fully saturated rings. The van der Waals surface area contributed by atoms with Crippen LogP contribution in [0.5, 0.6) is 11.5 Å². The second-order valence-electron chi connectivity index (χ2n) is 6.61. The number of carbonyl (C=O) groups is 2. The van der Waals surface area contributed by atoms with Gasteiger partial charge in [-0.25, -0.2) is 0 Å². The van der Waals surface area contributed by atoms with Gasteiger partial charge < -0.3 is 24.1 Å². The number of nitrogens with one attached hydrogen (secondary N) is 1. The summed E-state index contributed by atoms with van der Waals surface area (Å²) >= 11 is 5.80. The number of aromatic nitrogens is 2. The molecular weight excluding hydrogens is 438 g/mol. The van der Waals surface area contributed by atoms with Gasteiger partial charge in [-0.1, -0.05) is 16.8 Å². The van der Waals surface area contributed by atoms with Crippen LogP contribution in [0.15, 0.2) is 47.0 Å². The van der Waals surface area contributed by atoms with Crippen LogP contribution in [0.25, 0.3) is 11.4 Å². The maximum Gasteiger partial charge on any atom is 0.306 e. The molecule has 2 aromatic carbocycles. The van der Waals surface area contributed by atoms with Gasteiger partial charge >= 0.3 is 5.97 Å². The summed E-state index contributed by atoms with van der Waals surface area (Å²) in [6.45, 7) is 0.191. The fourth-order valence-corrected chi connectivity index (χ4v) is 2.88. The number of benzene rings is 2. The van der Waals surface area contributed by atoms with E-state index in [0.29, 0.717) is 46.4 Å². The lowest BCUT2D eigenvalue weighted by atomic mass is 10.2. The number of hydrogen-bond acceptors (Lipinski definition) is 8. The fourth-order valence-electron chi connectivity index (χ4n) is 2.76. The van der Waals surface area contributed by atoms with Gasteiger partial charge in [-0.15, -0.1) is 0 Å². The molecule has 0 aliphatic rings. The smallest absolute Gasteiger partial charge is 0.306 e. The van der Waals surface area contributed by atoms with Crippen LogP contribution in [0, 0.1) is 0 Å².